The van der Waals surface area contributed by atoms with E-state index >= 15 is 0 Å². The van der Waals surface area contributed by atoms with Gasteiger partial charge in [0.1, 0.15) is 21.9 Å². The van der Waals surface area contributed by atoms with E-state index in [1.54, 1.807) is 13.2 Å². The molecule has 0 bridgehead atoms. The number of para-hydroxylation sites is 1. The second-order valence-electron chi connectivity index (χ2n) is 7.03. The standard InChI is InChI=1S/C23H21IN4O3/c1-31-16-8-6-14(7-9-16)19-11-21(27-13-26-19)23(30)28-20(22(24)29)10-15-12-25-18-5-3-2-4-17(15)18/h2-9,11-13,20,22,25,29H,10H2,1H3,(H,28,30). The zero-order valence-electron chi connectivity index (χ0n) is 16.7. The molecule has 2 atom stereocenters. The van der Waals surface area contributed by atoms with Crippen LogP contribution in [0, 0.1) is 0 Å². The fourth-order valence-corrected chi connectivity index (χ4v) is 3.83. The molecule has 2 unspecified atom stereocenters. The number of alkyl halides is 1. The Hall–Kier alpha value is -2.98. The van der Waals surface area contributed by atoms with Crippen LogP contribution in [0.5, 0.6) is 5.75 Å². The monoisotopic (exact) mass is 528 g/mol. The highest BCUT2D eigenvalue weighted by atomic mass is 127. The molecule has 0 spiro atoms. The smallest absolute Gasteiger partial charge is 0.270 e. The highest BCUT2D eigenvalue weighted by Gasteiger charge is 2.22. The van der Waals surface area contributed by atoms with Crippen molar-refractivity contribution in [3.8, 4) is 17.0 Å². The number of carbonyl (C=O) groups excluding carboxylic acids is 1. The van der Waals surface area contributed by atoms with Gasteiger partial charge in [-0.2, -0.15) is 0 Å². The Morgan fingerprint density at radius 1 is 1.19 bits per heavy atom. The minimum absolute atomic E-state index is 0.238. The lowest BCUT2D eigenvalue weighted by atomic mass is 10.1. The average Bonchev–Trinajstić information content (AvgIpc) is 3.21. The summed E-state index contributed by atoms with van der Waals surface area (Å²) in [5.41, 5.74) is 3.76. The average molecular weight is 528 g/mol. The minimum Gasteiger partial charge on any atom is -0.497 e. The van der Waals surface area contributed by atoms with Crippen LogP contribution in [0.25, 0.3) is 22.2 Å². The number of hydrogen-bond donors (Lipinski definition) is 3. The number of fused-ring (bicyclic) bond motifs is 1. The second-order valence-corrected chi connectivity index (χ2v) is 8.31. The Bertz CT molecular complexity index is 1190. The van der Waals surface area contributed by atoms with Crippen LogP contribution >= 0.6 is 22.6 Å². The van der Waals surface area contributed by atoms with E-state index in [2.05, 4.69) is 20.3 Å². The topological polar surface area (TPSA) is 100 Å². The van der Waals surface area contributed by atoms with Crippen molar-refractivity contribution in [2.75, 3.05) is 7.11 Å². The molecule has 7 nitrogen and oxygen atoms in total. The Kier molecular flexibility index (Phi) is 6.47. The van der Waals surface area contributed by atoms with Gasteiger partial charge in [-0.15, -0.1) is 0 Å². The highest BCUT2D eigenvalue weighted by molar-refractivity contribution is 14.1. The number of amides is 1. The van der Waals surface area contributed by atoms with E-state index in [0.717, 1.165) is 27.8 Å². The zero-order valence-corrected chi connectivity index (χ0v) is 18.9. The van der Waals surface area contributed by atoms with Gasteiger partial charge in [0.25, 0.3) is 5.91 Å². The molecule has 4 rings (SSSR count). The number of aromatic nitrogens is 3. The summed E-state index contributed by atoms with van der Waals surface area (Å²) in [5.74, 6) is 0.379. The zero-order chi connectivity index (χ0) is 21.8. The number of ether oxygens (including phenoxy) is 1. The van der Waals surface area contributed by atoms with E-state index in [1.165, 1.54) is 6.33 Å². The predicted octanol–water partition coefficient (Wildman–Crippen LogP) is 3.73. The number of aliphatic hydroxyl groups is 1. The van der Waals surface area contributed by atoms with Crippen LogP contribution in [-0.4, -0.2) is 43.2 Å². The molecule has 2 aromatic heterocycles. The van der Waals surface area contributed by atoms with Crippen molar-refractivity contribution in [3.63, 3.8) is 0 Å². The molecule has 0 saturated heterocycles. The number of carbonyl (C=O) groups is 1. The highest BCUT2D eigenvalue weighted by Crippen LogP contribution is 2.22. The lowest BCUT2D eigenvalue weighted by Crippen LogP contribution is -2.42. The number of halogens is 1. The van der Waals surface area contributed by atoms with Crippen molar-refractivity contribution in [1.29, 1.82) is 0 Å². The van der Waals surface area contributed by atoms with E-state index in [0.29, 0.717) is 12.1 Å². The number of H-pyrrole nitrogens is 1. The largest absolute Gasteiger partial charge is 0.497 e. The maximum absolute atomic E-state index is 12.9. The van der Waals surface area contributed by atoms with Gasteiger partial charge in [0.05, 0.1) is 18.8 Å². The molecule has 0 fully saturated rings. The van der Waals surface area contributed by atoms with E-state index in [9.17, 15) is 9.90 Å². The first kappa shape index (κ1) is 21.3. The first-order chi connectivity index (χ1) is 15.0. The summed E-state index contributed by atoms with van der Waals surface area (Å²) < 4.78 is 4.41. The van der Waals surface area contributed by atoms with Crippen molar-refractivity contribution >= 4 is 39.4 Å². The summed E-state index contributed by atoms with van der Waals surface area (Å²) in [6.07, 6.45) is 3.76. The SMILES string of the molecule is COc1ccc(-c2cc(C(=O)NC(Cc3c[nH]c4ccccc34)C(O)I)ncn2)cc1. The summed E-state index contributed by atoms with van der Waals surface area (Å²) in [5, 5.41) is 14.3. The summed E-state index contributed by atoms with van der Waals surface area (Å²) in [4.78, 5) is 24.5. The lowest BCUT2D eigenvalue weighted by molar-refractivity contribution is 0.0905. The molecule has 0 aliphatic carbocycles. The number of methoxy groups -OCH3 is 1. The van der Waals surface area contributed by atoms with Gasteiger partial charge in [0.15, 0.2) is 0 Å². The molecule has 0 aliphatic heterocycles. The Morgan fingerprint density at radius 2 is 1.97 bits per heavy atom. The first-order valence-electron chi connectivity index (χ1n) is 9.69. The van der Waals surface area contributed by atoms with Gasteiger partial charge in [-0.25, -0.2) is 9.97 Å². The molecule has 2 aromatic carbocycles. The van der Waals surface area contributed by atoms with E-state index < -0.39 is 10.2 Å². The summed E-state index contributed by atoms with van der Waals surface area (Å²) >= 11 is 1.91. The van der Waals surface area contributed by atoms with E-state index in [1.807, 2.05) is 77.3 Å². The maximum atomic E-state index is 12.9. The number of hydrogen-bond acceptors (Lipinski definition) is 5. The third-order valence-electron chi connectivity index (χ3n) is 5.05. The normalized spacial score (nSPS) is 13.0. The molecular weight excluding hydrogens is 507 g/mol. The molecule has 2 heterocycles. The van der Waals surface area contributed by atoms with Gasteiger partial charge in [-0.05, 0) is 71.0 Å². The number of aliphatic hydroxyl groups excluding tert-OH is 1. The van der Waals surface area contributed by atoms with Crippen LogP contribution in [-0.2, 0) is 6.42 Å². The molecule has 31 heavy (non-hydrogen) atoms. The summed E-state index contributed by atoms with van der Waals surface area (Å²) in [6, 6.07) is 16.5. The fraction of sp³-hybridized carbons (Fsp3) is 0.174. The van der Waals surface area contributed by atoms with Crippen molar-refractivity contribution in [2.45, 2.75) is 16.6 Å². The number of benzene rings is 2. The van der Waals surface area contributed by atoms with Crippen molar-refractivity contribution < 1.29 is 14.6 Å². The van der Waals surface area contributed by atoms with Gasteiger partial charge in [0.2, 0.25) is 0 Å². The van der Waals surface area contributed by atoms with Crippen molar-refractivity contribution in [3.05, 3.63) is 78.4 Å². The van der Waals surface area contributed by atoms with Crippen LogP contribution in [0.15, 0.2) is 67.1 Å². The second kappa shape index (κ2) is 9.44. The van der Waals surface area contributed by atoms with Crippen molar-refractivity contribution in [2.24, 2.45) is 0 Å². The number of aromatic amines is 1. The van der Waals surface area contributed by atoms with Gasteiger partial charge < -0.3 is 20.1 Å². The molecule has 0 saturated carbocycles. The summed E-state index contributed by atoms with van der Waals surface area (Å²) in [6.45, 7) is 0. The molecular formula is C23H21IN4O3. The quantitative estimate of drug-likeness (QED) is 0.251. The van der Waals surface area contributed by atoms with Crippen molar-refractivity contribution in [1.82, 2.24) is 20.3 Å². The van der Waals surface area contributed by atoms with Crippen LogP contribution in [0.1, 0.15) is 16.1 Å². The fourth-order valence-electron chi connectivity index (χ4n) is 3.40. The third kappa shape index (κ3) is 4.86. The lowest BCUT2D eigenvalue weighted by Gasteiger charge is -2.20. The Labute approximate surface area is 193 Å². The molecule has 4 aromatic rings. The Balaban J connectivity index is 1.52. The summed E-state index contributed by atoms with van der Waals surface area (Å²) in [7, 11) is 1.61. The molecule has 8 heteroatoms. The number of nitrogens with zero attached hydrogens (tertiary/aromatic N) is 2. The molecule has 0 aliphatic rings. The Morgan fingerprint density at radius 3 is 2.71 bits per heavy atom. The van der Waals surface area contributed by atoms with Gasteiger partial charge in [-0.1, -0.05) is 18.2 Å². The molecule has 1 amide bonds. The molecule has 158 valence electrons. The first-order valence-corrected chi connectivity index (χ1v) is 10.9. The predicted molar refractivity (Wildman–Crippen MR) is 127 cm³/mol. The van der Waals surface area contributed by atoms with Gasteiger partial charge in [-0.3, -0.25) is 4.79 Å². The van der Waals surface area contributed by atoms with Gasteiger partial charge >= 0.3 is 0 Å². The molecule has 0 radical (unpaired) electrons. The van der Waals surface area contributed by atoms with Crippen LogP contribution in [0.4, 0.5) is 0 Å². The van der Waals surface area contributed by atoms with Crippen LogP contribution in [0.2, 0.25) is 0 Å². The van der Waals surface area contributed by atoms with Crippen LogP contribution < -0.4 is 10.1 Å². The third-order valence-corrected chi connectivity index (χ3v) is 5.92. The van der Waals surface area contributed by atoms with E-state index in [4.69, 9.17) is 4.74 Å². The van der Waals surface area contributed by atoms with Crippen LogP contribution in [0.3, 0.4) is 0 Å². The minimum atomic E-state index is -0.766. The maximum Gasteiger partial charge on any atom is 0.270 e. The number of nitrogens with one attached hydrogen (secondary N) is 2. The van der Waals surface area contributed by atoms with E-state index in [-0.39, 0.29) is 11.6 Å². The number of rotatable bonds is 7. The molecule has 3 N–H and O–H groups in total. The van der Waals surface area contributed by atoms with Gasteiger partial charge in [0, 0.05) is 22.7 Å².